The Morgan fingerprint density at radius 3 is 2.43 bits per heavy atom. The van der Waals surface area contributed by atoms with Crippen LogP contribution in [0.3, 0.4) is 0 Å². The van der Waals surface area contributed by atoms with E-state index in [1.54, 1.807) is 11.3 Å². The average Bonchev–Trinajstić information content (AvgIpc) is 3.21. The van der Waals surface area contributed by atoms with Crippen LogP contribution >= 0.6 is 11.3 Å². The molecule has 0 aromatic carbocycles. The van der Waals surface area contributed by atoms with Crippen LogP contribution in [-0.4, -0.2) is 40.0 Å². The Balaban J connectivity index is 1.41. The first-order valence-electron chi connectivity index (χ1n) is 7.78. The van der Waals surface area contributed by atoms with Gasteiger partial charge in [0.1, 0.15) is 0 Å². The number of rotatable bonds is 4. The van der Waals surface area contributed by atoms with Crippen LogP contribution in [0.1, 0.15) is 24.0 Å². The number of fused-ring (bicyclic) bond motifs is 1. The van der Waals surface area contributed by atoms with Crippen LogP contribution in [0.25, 0.3) is 0 Å². The van der Waals surface area contributed by atoms with Crippen molar-refractivity contribution in [1.29, 1.82) is 0 Å². The van der Waals surface area contributed by atoms with Crippen molar-refractivity contribution >= 4 is 11.3 Å². The maximum Gasteiger partial charge on any atom is 0.0312 e. The lowest BCUT2D eigenvalue weighted by Crippen LogP contribution is -2.35. The van der Waals surface area contributed by atoms with E-state index in [0.717, 1.165) is 25.2 Å². The molecule has 0 bridgehead atoms. The number of hydrogen-bond acceptors (Lipinski definition) is 4. The lowest BCUT2D eigenvalue weighted by atomic mass is 10.1. The summed E-state index contributed by atoms with van der Waals surface area (Å²) in [5, 5.41) is 4.47. The molecule has 0 aliphatic carbocycles. The van der Waals surface area contributed by atoms with Crippen LogP contribution in [0.15, 0.2) is 41.4 Å². The van der Waals surface area contributed by atoms with E-state index in [0.29, 0.717) is 0 Å². The minimum Gasteiger partial charge on any atom is -0.294 e. The second-order valence-electron chi connectivity index (χ2n) is 6.15. The van der Waals surface area contributed by atoms with E-state index < -0.39 is 0 Å². The molecule has 4 heterocycles. The van der Waals surface area contributed by atoms with Crippen molar-refractivity contribution in [3.8, 4) is 0 Å². The zero-order valence-electron chi connectivity index (χ0n) is 12.2. The monoisotopic (exact) mass is 299 g/mol. The summed E-state index contributed by atoms with van der Waals surface area (Å²) in [5.41, 5.74) is 2.82. The highest BCUT2D eigenvalue weighted by Crippen LogP contribution is 2.33. The molecule has 0 spiro atoms. The minimum absolute atomic E-state index is 0.740. The van der Waals surface area contributed by atoms with Crippen molar-refractivity contribution in [2.45, 2.75) is 38.0 Å². The van der Waals surface area contributed by atoms with Gasteiger partial charge in [-0.2, -0.15) is 11.3 Å². The smallest absolute Gasteiger partial charge is 0.0312 e. The number of aromatic nitrogens is 1. The summed E-state index contributed by atoms with van der Waals surface area (Å²) in [5.74, 6) is 0. The number of thiophene rings is 1. The van der Waals surface area contributed by atoms with Gasteiger partial charge in [-0.3, -0.25) is 14.8 Å². The van der Waals surface area contributed by atoms with Crippen molar-refractivity contribution < 1.29 is 0 Å². The zero-order valence-corrected chi connectivity index (χ0v) is 13.0. The van der Waals surface area contributed by atoms with Crippen molar-refractivity contribution in [2.24, 2.45) is 0 Å². The fraction of sp³-hybridized carbons (Fsp3) is 0.471. The maximum atomic E-state index is 4.24. The van der Waals surface area contributed by atoms with E-state index >= 15 is 0 Å². The maximum absolute atomic E-state index is 4.24. The van der Waals surface area contributed by atoms with Gasteiger partial charge in [0.25, 0.3) is 0 Å². The second-order valence-corrected chi connectivity index (χ2v) is 6.93. The Morgan fingerprint density at radius 2 is 1.81 bits per heavy atom. The number of hydrogen-bond donors (Lipinski definition) is 0. The largest absolute Gasteiger partial charge is 0.294 e. The van der Waals surface area contributed by atoms with E-state index in [1.807, 2.05) is 18.5 Å². The Kier molecular flexibility index (Phi) is 3.76. The van der Waals surface area contributed by atoms with Gasteiger partial charge in [0, 0.05) is 50.7 Å². The van der Waals surface area contributed by atoms with Crippen molar-refractivity contribution in [3.63, 3.8) is 0 Å². The molecule has 3 nitrogen and oxygen atoms in total. The molecule has 0 N–H and O–H groups in total. The number of likely N-dealkylation sites (tertiary alicyclic amines) is 2. The highest BCUT2D eigenvalue weighted by molar-refractivity contribution is 7.07. The lowest BCUT2D eigenvalue weighted by Gasteiger charge is -2.25. The van der Waals surface area contributed by atoms with E-state index in [2.05, 4.69) is 37.7 Å². The van der Waals surface area contributed by atoms with Crippen molar-refractivity contribution in [2.75, 3.05) is 13.1 Å². The quantitative estimate of drug-likeness (QED) is 0.865. The van der Waals surface area contributed by atoms with Crippen molar-refractivity contribution in [1.82, 2.24) is 14.8 Å². The molecule has 2 aromatic heterocycles. The van der Waals surface area contributed by atoms with Crippen LogP contribution in [0.2, 0.25) is 0 Å². The number of nitrogens with zero attached hydrogens (tertiary/aromatic N) is 3. The van der Waals surface area contributed by atoms with Gasteiger partial charge in [-0.15, -0.1) is 0 Å². The predicted molar refractivity (Wildman–Crippen MR) is 86.2 cm³/mol. The van der Waals surface area contributed by atoms with Gasteiger partial charge < -0.3 is 0 Å². The predicted octanol–water partition coefficient (Wildman–Crippen LogP) is 2.99. The molecule has 2 aliphatic rings. The molecular weight excluding hydrogens is 278 g/mol. The standard InChI is InChI=1S/C17H21N3S/c1-2-14(10-18-6-1)11-19-7-3-17-16(19)4-8-20(17)12-15-5-9-21-13-15/h1-2,5-6,9-10,13,16-17H,3-4,7-8,11-12H2/t16-,17+/m0/s1. The zero-order chi connectivity index (χ0) is 14.1. The molecule has 2 aromatic rings. The molecule has 110 valence electrons. The molecule has 4 heteroatoms. The summed E-state index contributed by atoms with van der Waals surface area (Å²) in [6.45, 7) is 4.66. The molecule has 2 atom stereocenters. The highest BCUT2D eigenvalue weighted by Gasteiger charge is 2.41. The molecule has 0 saturated carbocycles. The third kappa shape index (κ3) is 2.76. The summed E-state index contributed by atoms with van der Waals surface area (Å²) in [7, 11) is 0. The minimum atomic E-state index is 0.740. The lowest BCUT2D eigenvalue weighted by molar-refractivity contribution is 0.212. The molecule has 0 unspecified atom stereocenters. The third-order valence-corrected chi connectivity index (χ3v) is 5.61. The van der Waals surface area contributed by atoms with Gasteiger partial charge in [0.2, 0.25) is 0 Å². The van der Waals surface area contributed by atoms with Gasteiger partial charge >= 0.3 is 0 Å². The van der Waals surface area contributed by atoms with E-state index in [-0.39, 0.29) is 0 Å². The molecular formula is C17H21N3S. The van der Waals surface area contributed by atoms with Gasteiger partial charge in [0.05, 0.1) is 0 Å². The molecule has 4 rings (SSSR count). The highest BCUT2D eigenvalue weighted by atomic mass is 32.1. The molecule has 2 fully saturated rings. The Hall–Kier alpha value is -1.23. The molecule has 0 amide bonds. The summed E-state index contributed by atoms with van der Waals surface area (Å²) >= 11 is 1.81. The topological polar surface area (TPSA) is 19.4 Å². The molecule has 2 aliphatic heterocycles. The second kappa shape index (κ2) is 5.87. The molecule has 0 radical (unpaired) electrons. The van der Waals surface area contributed by atoms with E-state index in [1.165, 1.54) is 37.1 Å². The average molecular weight is 299 g/mol. The third-order valence-electron chi connectivity index (χ3n) is 4.88. The van der Waals surface area contributed by atoms with E-state index in [9.17, 15) is 0 Å². The van der Waals surface area contributed by atoms with Crippen LogP contribution < -0.4 is 0 Å². The fourth-order valence-corrected chi connectivity index (χ4v) is 4.56. The van der Waals surface area contributed by atoms with Gasteiger partial charge in [-0.1, -0.05) is 6.07 Å². The van der Waals surface area contributed by atoms with Crippen LogP contribution in [0, 0.1) is 0 Å². The van der Waals surface area contributed by atoms with Crippen LogP contribution in [0.4, 0.5) is 0 Å². The van der Waals surface area contributed by atoms with Crippen molar-refractivity contribution in [3.05, 3.63) is 52.5 Å². The first-order valence-corrected chi connectivity index (χ1v) is 8.72. The Labute approximate surface area is 130 Å². The Morgan fingerprint density at radius 1 is 1.05 bits per heavy atom. The summed E-state index contributed by atoms with van der Waals surface area (Å²) in [4.78, 5) is 9.59. The van der Waals surface area contributed by atoms with Crippen LogP contribution in [-0.2, 0) is 13.1 Å². The fourth-order valence-electron chi connectivity index (χ4n) is 3.90. The first kappa shape index (κ1) is 13.4. The SMILES string of the molecule is c1cncc(CN2CC[C@@H]3[C@@H]2CCN3Cc2ccsc2)c1. The normalized spacial score (nSPS) is 26.3. The molecule has 21 heavy (non-hydrogen) atoms. The van der Waals surface area contributed by atoms with Crippen LogP contribution in [0.5, 0.6) is 0 Å². The van der Waals surface area contributed by atoms with Gasteiger partial charge in [0.15, 0.2) is 0 Å². The number of pyridine rings is 1. The summed E-state index contributed by atoms with van der Waals surface area (Å²) < 4.78 is 0. The summed E-state index contributed by atoms with van der Waals surface area (Å²) in [6.07, 6.45) is 6.49. The first-order chi connectivity index (χ1) is 10.4. The molecule has 2 saturated heterocycles. The Bertz CT molecular complexity index is 569. The van der Waals surface area contributed by atoms with Gasteiger partial charge in [-0.25, -0.2) is 0 Å². The van der Waals surface area contributed by atoms with Gasteiger partial charge in [-0.05, 0) is 46.9 Å². The van der Waals surface area contributed by atoms with E-state index in [4.69, 9.17) is 0 Å². The summed E-state index contributed by atoms with van der Waals surface area (Å²) in [6, 6.07) is 7.99.